The van der Waals surface area contributed by atoms with E-state index in [1.54, 1.807) is 0 Å². The van der Waals surface area contributed by atoms with Gasteiger partial charge in [0.25, 0.3) is 0 Å². The molecule has 0 aromatic carbocycles. The zero-order chi connectivity index (χ0) is 15.6. The topological polar surface area (TPSA) is 72.2 Å². The molecule has 4 nitrogen and oxygen atoms in total. The Morgan fingerprint density at radius 2 is 1.67 bits per heavy atom. The first kappa shape index (κ1) is 16.3. The number of primary amides is 1. The highest BCUT2D eigenvalue weighted by Crippen LogP contribution is 2.40. The van der Waals surface area contributed by atoms with Crippen LogP contribution in [0.3, 0.4) is 0 Å². The smallest absolute Gasteiger partial charge is 0.224 e. The summed E-state index contributed by atoms with van der Waals surface area (Å²) in [7, 11) is 0. The average molecular weight is 294 g/mol. The monoisotopic (exact) mass is 294 g/mol. The van der Waals surface area contributed by atoms with Crippen molar-refractivity contribution in [1.29, 1.82) is 0 Å². The summed E-state index contributed by atoms with van der Waals surface area (Å²) in [5.41, 5.74) is 5.36. The standard InChI is InChI=1S/C17H30N2O2/c1-17(2,3)19-16(21)14(10-12-6-7-12)13(15(18)20)9-8-11-4-5-11/h11-14H,4-10H2,1-3H3,(H2,18,20)(H,19,21)/t13-,14?/m0/s1. The summed E-state index contributed by atoms with van der Waals surface area (Å²) in [5, 5.41) is 3.04. The summed E-state index contributed by atoms with van der Waals surface area (Å²) < 4.78 is 0. The van der Waals surface area contributed by atoms with Crippen molar-refractivity contribution in [3.05, 3.63) is 0 Å². The molecular weight excluding hydrogens is 264 g/mol. The van der Waals surface area contributed by atoms with Crippen LogP contribution in [0.25, 0.3) is 0 Å². The number of rotatable bonds is 8. The molecule has 2 aliphatic carbocycles. The molecule has 0 radical (unpaired) electrons. The number of nitrogens with two attached hydrogens (primary N) is 1. The van der Waals surface area contributed by atoms with Crippen LogP contribution in [0, 0.1) is 23.7 Å². The number of amides is 2. The molecule has 0 aromatic rings. The van der Waals surface area contributed by atoms with E-state index in [0.29, 0.717) is 5.92 Å². The van der Waals surface area contributed by atoms with Crippen LogP contribution in [0.2, 0.25) is 0 Å². The Morgan fingerprint density at radius 1 is 1.10 bits per heavy atom. The molecule has 0 spiro atoms. The molecule has 0 saturated heterocycles. The molecule has 2 aliphatic rings. The van der Waals surface area contributed by atoms with Crippen LogP contribution in [0.1, 0.15) is 65.7 Å². The molecule has 1 unspecified atom stereocenters. The lowest BCUT2D eigenvalue weighted by atomic mass is 9.82. The molecular formula is C17H30N2O2. The van der Waals surface area contributed by atoms with Gasteiger partial charge in [-0.3, -0.25) is 9.59 Å². The van der Waals surface area contributed by atoms with Gasteiger partial charge in [-0.2, -0.15) is 0 Å². The van der Waals surface area contributed by atoms with Gasteiger partial charge in [0.1, 0.15) is 0 Å². The number of nitrogens with one attached hydrogen (secondary N) is 1. The van der Waals surface area contributed by atoms with Crippen molar-refractivity contribution in [2.75, 3.05) is 0 Å². The summed E-state index contributed by atoms with van der Waals surface area (Å²) in [4.78, 5) is 24.5. The fourth-order valence-corrected chi connectivity index (χ4v) is 2.99. The van der Waals surface area contributed by atoms with Gasteiger partial charge in [-0.05, 0) is 51.9 Å². The van der Waals surface area contributed by atoms with Gasteiger partial charge < -0.3 is 11.1 Å². The van der Waals surface area contributed by atoms with Gasteiger partial charge in [-0.1, -0.05) is 25.7 Å². The predicted octanol–water partition coefficient (Wildman–Crippen LogP) is 2.61. The lowest BCUT2D eigenvalue weighted by molar-refractivity contribution is -0.135. The molecule has 2 amide bonds. The second-order valence-corrected chi connectivity index (χ2v) is 8.05. The molecule has 2 fully saturated rings. The zero-order valence-electron chi connectivity index (χ0n) is 13.7. The lowest BCUT2D eigenvalue weighted by Gasteiger charge is -2.29. The Labute approximate surface area is 128 Å². The summed E-state index contributed by atoms with van der Waals surface area (Å²) >= 11 is 0. The van der Waals surface area contributed by atoms with E-state index < -0.39 is 0 Å². The highest BCUT2D eigenvalue weighted by molar-refractivity contribution is 5.87. The highest BCUT2D eigenvalue weighted by atomic mass is 16.2. The van der Waals surface area contributed by atoms with Crippen LogP contribution in [0.15, 0.2) is 0 Å². The van der Waals surface area contributed by atoms with Crippen molar-refractivity contribution < 1.29 is 9.59 Å². The molecule has 0 bridgehead atoms. The first-order valence-electron chi connectivity index (χ1n) is 8.37. The van der Waals surface area contributed by atoms with Gasteiger partial charge in [0.05, 0.1) is 0 Å². The van der Waals surface area contributed by atoms with Crippen LogP contribution in [0.5, 0.6) is 0 Å². The summed E-state index contributed by atoms with van der Waals surface area (Å²) in [6, 6.07) is 0. The third-order valence-electron chi connectivity index (χ3n) is 4.55. The van der Waals surface area contributed by atoms with Gasteiger partial charge in [0.15, 0.2) is 0 Å². The van der Waals surface area contributed by atoms with Crippen LogP contribution in [-0.4, -0.2) is 17.4 Å². The van der Waals surface area contributed by atoms with Gasteiger partial charge >= 0.3 is 0 Å². The summed E-state index contributed by atoms with van der Waals surface area (Å²) in [6.45, 7) is 5.92. The van der Waals surface area contributed by atoms with E-state index in [2.05, 4.69) is 5.32 Å². The van der Waals surface area contributed by atoms with Crippen LogP contribution >= 0.6 is 0 Å². The van der Waals surface area contributed by atoms with E-state index in [1.165, 1.54) is 25.7 Å². The van der Waals surface area contributed by atoms with E-state index in [9.17, 15) is 9.59 Å². The minimum absolute atomic E-state index is 0.00833. The van der Waals surface area contributed by atoms with Crippen molar-refractivity contribution in [3.63, 3.8) is 0 Å². The van der Waals surface area contributed by atoms with E-state index in [1.807, 2.05) is 20.8 Å². The number of hydrogen-bond donors (Lipinski definition) is 2. The fraction of sp³-hybridized carbons (Fsp3) is 0.882. The minimum Gasteiger partial charge on any atom is -0.369 e. The van der Waals surface area contributed by atoms with Crippen LogP contribution < -0.4 is 11.1 Å². The maximum absolute atomic E-state index is 12.6. The van der Waals surface area contributed by atoms with Gasteiger partial charge in [0.2, 0.25) is 11.8 Å². The zero-order valence-corrected chi connectivity index (χ0v) is 13.7. The van der Waals surface area contributed by atoms with Crippen molar-refractivity contribution >= 4 is 11.8 Å². The fourth-order valence-electron chi connectivity index (χ4n) is 2.99. The van der Waals surface area contributed by atoms with E-state index in [-0.39, 0.29) is 29.2 Å². The van der Waals surface area contributed by atoms with Gasteiger partial charge in [-0.15, -0.1) is 0 Å². The van der Waals surface area contributed by atoms with Crippen LogP contribution in [-0.2, 0) is 9.59 Å². The molecule has 3 N–H and O–H groups in total. The largest absolute Gasteiger partial charge is 0.369 e. The van der Waals surface area contributed by atoms with Gasteiger partial charge in [-0.25, -0.2) is 0 Å². The summed E-state index contributed by atoms with van der Waals surface area (Å²) in [5.74, 6) is 0.545. The maximum atomic E-state index is 12.6. The number of carbonyl (C=O) groups excluding carboxylic acids is 2. The van der Waals surface area contributed by atoms with Crippen molar-refractivity contribution in [3.8, 4) is 0 Å². The quantitative estimate of drug-likeness (QED) is 0.722. The third-order valence-corrected chi connectivity index (χ3v) is 4.55. The second-order valence-electron chi connectivity index (χ2n) is 8.05. The Hall–Kier alpha value is -1.06. The molecule has 2 saturated carbocycles. The van der Waals surface area contributed by atoms with E-state index >= 15 is 0 Å². The van der Waals surface area contributed by atoms with E-state index in [4.69, 9.17) is 5.73 Å². The first-order valence-corrected chi connectivity index (χ1v) is 8.37. The average Bonchev–Trinajstić information content (AvgIpc) is 3.20. The number of carbonyl (C=O) groups is 2. The normalized spacial score (nSPS) is 21.7. The summed E-state index contributed by atoms with van der Waals surface area (Å²) in [6.07, 6.45) is 7.55. The Bertz CT molecular complexity index is 392. The second kappa shape index (κ2) is 6.37. The predicted molar refractivity (Wildman–Crippen MR) is 83.4 cm³/mol. The van der Waals surface area contributed by atoms with Crippen molar-refractivity contribution in [2.24, 2.45) is 29.4 Å². The molecule has 0 aromatic heterocycles. The SMILES string of the molecule is CC(C)(C)NC(=O)C(CC1CC1)[C@H](CCC1CC1)C(N)=O. The third kappa shape index (κ3) is 5.68. The first-order chi connectivity index (χ1) is 9.76. The molecule has 0 heterocycles. The minimum atomic E-state index is -0.301. The molecule has 0 aliphatic heterocycles. The molecule has 120 valence electrons. The molecule has 2 rings (SSSR count). The molecule has 2 atom stereocenters. The number of hydrogen-bond acceptors (Lipinski definition) is 2. The van der Waals surface area contributed by atoms with Crippen LogP contribution in [0.4, 0.5) is 0 Å². The van der Waals surface area contributed by atoms with Gasteiger partial charge in [0, 0.05) is 17.4 Å². The highest BCUT2D eigenvalue weighted by Gasteiger charge is 2.38. The lowest BCUT2D eigenvalue weighted by Crippen LogP contribution is -2.47. The Balaban J connectivity index is 2.02. The van der Waals surface area contributed by atoms with Crippen molar-refractivity contribution in [2.45, 2.75) is 71.3 Å². The van der Waals surface area contributed by atoms with Crippen molar-refractivity contribution in [1.82, 2.24) is 5.32 Å². The Kier molecular flexibility index (Phi) is 4.95. The Morgan fingerprint density at radius 3 is 2.10 bits per heavy atom. The maximum Gasteiger partial charge on any atom is 0.224 e. The molecule has 4 heteroatoms. The molecule has 21 heavy (non-hydrogen) atoms. The van der Waals surface area contributed by atoms with E-state index in [0.717, 1.165) is 25.2 Å².